The molecule has 1 amide bonds. The van der Waals surface area contributed by atoms with Crippen molar-refractivity contribution in [3.8, 4) is 22.8 Å². The van der Waals surface area contributed by atoms with E-state index in [9.17, 15) is 4.79 Å². The second-order valence-electron chi connectivity index (χ2n) is 6.49. The van der Waals surface area contributed by atoms with Gasteiger partial charge < -0.3 is 10.1 Å². The number of thioether (sulfide) groups is 1. The second kappa shape index (κ2) is 9.68. The van der Waals surface area contributed by atoms with Crippen molar-refractivity contribution in [1.82, 2.24) is 14.8 Å². The van der Waals surface area contributed by atoms with Gasteiger partial charge in [0.1, 0.15) is 5.75 Å². The van der Waals surface area contributed by atoms with E-state index in [0.717, 1.165) is 11.3 Å². The number of halogens is 1. The molecule has 0 atom stereocenters. The summed E-state index contributed by atoms with van der Waals surface area (Å²) in [4.78, 5) is 12.5. The average Bonchev–Trinajstić information content (AvgIpc) is 3.23. The number of anilines is 1. The highest BCUT2D eigenvalue weighted by Gasteiger charge is 2.19. The van der Waals surface area contributed by atoms with Gasteiger partial charge in [0.15, 0.2) is 11.0 Å². The minimum Gasteiger partial charge on any atom is -0.496 e. The number of benzene rings is 3. The molecule has 1 N–H and O–H groups in total. The third-order valence-corrected chi connectivity index (χ3v) is 5.73. The maximum absolute atomic E-state index is 12.5. The third-order valence-electron chi connectivity index (χ3n) is 4.48. The van der Waals surface area contributed by atoms with E-state index in [2.05, 4.69) is 15.5 Å². The first-order valence-electron chi connectivity index (χ1n) is 9.49. The Morgan fingerprint density at radius 1 is 1.00 bits per heavy atom. The van der Waals surface area contributed by atoms with Crippen LogP contribution in [0.2, 0.25) is 5.02 Å². The molecular formula is C23H19ClN4O2S. The number of methoxy groups -OCH3 is 1. The van der Waals surface area contributed by atoms with Crippen LogP contribution >= 0.6 is 23.4 Å². The van der Waals surface area contributed by atoms with Gasteiger partial charge in [0, 0.05) is 5.69 Å². The lowest BCUT2D eigenvalue weighted by Gasteiger charge is -2.12. The number of para-hydroxylation sites is 3. The van der Waals surface area contributed by atoms with Gasteiger partial charge in [-0.3, -0.25) is 9.36 Å². The number of rotatable bonds is 7. The van der Waals surface area contributed by atoms with Crippen LogP contribution < -0.4 is 10.1 Å². The first-order chi connectivity index (χ1) is 15.2. The summed E-state index contributed by atoms with van der Waals surface area (Å²) in [6, 6.07) is 24.5. The van der Waals surface area contributed by atoms with Gasteiger partial charge in [-0.15, -0.1) is 10.2 Å². The first kappa shape index (κ1) is 21.0. The zero-order chi connectivity index (χ0) is 21.6. The van der Waals surface area contributed by atoms with Crippen molar-refractivity contribution in [2.75, 3.05) is 18.2 Å². The number of ether oxygens (including phenoxy) is 1. The van der Waals surface area contributed by atoms with Crippen molar-refractivity contribution in [3.05, 3.63) is 83.9 Å². The van der Waals surface area contributed by atoms with Gasteiger partial charge in [-0.2, -0.15) is 0 Å². The molecule has 3 aromatic carbocycles. The fraction of sp³-hybridized carbons (Fsp3) is 0.0870. The highest BCUT2D eigenvalue weighted by Crippen LogP contribution is 2.33. The predicted molar refractivity (Wildman–Crippen MR) is 124 cm³/mol. The molecule has 0 bridgehead atoms. The van der Waals surface area contributed by atoms with Crippen molar-refractivity contribution in [2.24, 2.45) is 0 Å². The molecule has 0 spiro atoms. The maximum atomic E-state index is 12.5. The SMILES string of the molecule is COc1ccccc1-c1nnc(SCC(=O)Nc2ccccc2Cl)n1-c1ccccc1. The molecule has 0 fully saturated rings. The summed E-state index contributed by atoms with van der Waals surface area (Å²) >= 11 is 7.43. The fourth-order valence-corrected chi connectivity index (χ4v) is 3.99. The minimum absolute atomic E-state index is 0.155. The highest BCUT2D eigenvalue weighted by atomic mass is 35.5. The van der Waals surface area contributed by atoms with Crippen molar-refractivity contribution < 1.29 is 9.53 Å². The van der Waals surface area contributed by atoms with E-state index in [1.165, 1.54) is 11.8 Å². The summed E-state index contributed by atoms with van der Waals surface area (Å²) in [5.74, 6) is 1.31. The van der Waals surface area contributed by atoms with E-state index in [1.54, 1.807) is 19.2 Å². The molecule has 31 heavy (non-hydrogen) atoms. The quantitative estimate of drug-likeness (QED) is 0.385. The number of nitrogens with one attached hydrogen (secondary N) is 1. The summed E-state index contributed by atoms with van der Waals surface area (Å²) < 4.78 is 7.43. The lowest BCUT2D eigenvalue weighted by molar-refractivity contribution is -0.113. The van der Waals surface area contributed by atoms with Crippen LogP contribution in [0.4, 0.5) is 5.69 Å². The first-order valence-corrected chi connectivity index (χ1v) is 10.8. The Morgan fingerprint density at radius 2 is 1.71 bits per heavy atom. The van der Waals surface area contributed by atoms with Crippen LogP contribution in [0.15, 0.2) is 84.0 Å². The van der Waals surface area contributed by atoms with Crippen LogP contribution in [0, 0.1) is 0 Å². The average molecular weight is 451 g/mol. The van der Waals surface area contributed by atoms with Crippen LogP contribution in [0.1, 0.15) is 0 Å². The number of hydrogen-bond acceptors (Lipinski definition) is 5. The molecule has 156 valence electrons. The van der Waals surface area contributed by atoms with Gasteiger partial charge in [-0.25, -0.2) is 0 Å². The third kappa shape index (κ3) is 4.73. The van der Waals surface area contributed by atoms with Gasteiger partial charge in [0.2, 0.25) is 5.91 Å². The largest absolute Gasteiger partial charge is 0.496 e. The number of aromatic nitrogens is 3. The molecule has 0 aliphatic heterocycles. The number of carbonyl (C=O) groups excluding carboxylic acids is 1. The normalized spacial score (nSPS) is 10.6. The zero-order valence-corrected chi connectivity index (χ0v) is 18.2. The molecule has 1 heterocycles. The van der Waals surface area contributed by atoms with Gasteiger partial charge in [-0.1, -0.05) is 65.8 Å². The van der Waals surface area contributed by atoms with Crippen molar-refractivity contribution in [1.29, 1.82) is 0 Å². The van der Waals surface area contributed by atoms with Gasteiger partial charge in [-0.05, 0) is 36.4 Å². The summed E-state index contributed by atoms with van der Waals surface area (Å²) in [5, 5.41) is 12.7. The van der Waals surface area contributed by atoms with E-state index >= 15 is 0 Å². The monoisotopic (exact) mass is 450 g/mol. The van der Waals surface area contributed by atoms with E-state index in [4.69, 9.17) is 16.3 Å². The molecule has 6 nitrogen and oxygen atoms in total. The summed E-state index contributed by atoms with van der Waals surface area (Å²) in [6.07, 6.45) is 0. The molecule has 0 unspecified atom stereocenters. The molecule has 8 heteroatoms. The van der Waals surface area contributed by atoms with Crippen molar-refractivity contribution >= 4 is 35.0 Å². The standard InChI is InChI=1S/C23H19ClN4O2S/c1-30-20-14-8-5-11-17(20)22-26-27-23(28(22)16-9-3-2-4-10-16)31-15-21(29)25-19-13-7-6-12-18(19)24/h2-14H,15H2,1H3,(H,25,29). The fourth-order valence-electron chi connectivity index (χ4n) is 3.06. The van der Waals surface area contributed by atoms with Crippen molar-refractivity contribution in [2.45, 2.75) is 5.16 Å². The van der Waals surface area contributed by atoms with E-state index in [0.29, 0.717) is 27.4 Å². The van der Waals surface area contributed by atoms with Crippen LogP contribution in [0.25, 0.3) is 17.1 Å². The zero-order valence-electron chi connectivity index (χ0n) is 16.7. The van der Waals surface area contributed by atoms with E-state index < -0.39 is 0 Å². The molecule has 0 saturated heterocycles. The number of carbonyl (C=O) groups is 1. The predicted octanol–water partition coefficient (Wildman–Crippen LogP) is 5.33. The summed E-state index contributed by atoms with van der Waals surface area (Å²) in [6.45, 7) is 0. The molecule has 4 aromatic rings. The Balaban J connectivity index is 1.63. The Kier molecular flexibility index (Phi) is 6.54. The minimum atomic E-state index is -0.181. The van der Waals surface area contributed by atoms with E-state index in [-0.39, 0.29) is 11.7 Å². The molecule has 4 rings (SSSR count). The highest BCUT2D eigenvalue weighted by molar-refractivity contribution is 7.99. The van der Waals surface area contributed by atoms with Crippen LogP contribution in [-0.4, -0.2) is 33.5 Å². The molecule has 0 radical (unpaired) electrons. The smallest absolute Gasteiger partial charge is 0.234 e. The Labute approximate surface area is 189 Å². The molecule has 1 aromatic heterocycles. The molecular weight excluding hydrogens is 432 g/mol. The Morgan fingerprint density at radius 3 is 2.48 bits per heavy atom. The lowest BCUT2D eigenvalue weighted by Crippen LogP contribution is -2.14. The van der Waals surface area contributed by atoms with Crippen LogP contribution in [0.5, 0.6) is 5.75 Å². The summed E-state index contributed by atoms with van der Waals surface area (Å²) in [5.41, 5.74) is 2.28. The molecule has 0 saturated carbocycles. The maximum Gasteiger partial charge on any atom is 0.234 e. The number of nitrogens with zero attached hydrogens (tertiary/aromatic N) is 3. The number of hydrogen-bond donors (Lipinski definition) is 1. The molecule has 0 aliphatic rings. The Hall–Kier alpha value is -3.29. The van der Waals surface area contributed by atoms with Gasteiger partial charge in [0.05, 0.1) is 29.1 Å². The topological polar surface area (TPSA) is 69.0 Å². The van der Waals surface area contributed by atoms with Crippen LogP contribution in [-0.2, 0) is 4.79 Å². The van der Waals surface area contributed by atoms with Crippen LogP contribution in [0.3, 0.4) is 0 Å². The van der Waals surface area contributed by atoms with Gasteiger partial charge in [0.25, 0.3) is 0 Å². The van der Waals surface area contributed by atoms with Gasteiger partial charge >= 0.3 is 0 Å². The molecule has 0 aliphatic carbocycles. The number of amides is 1. The lowest BCUT2D eigenvalue weighted by atomic mass is 10.2. The van der Waals surface area contributed by atoms with E-state index in [1.807, 2.05) is 71.3 Å². The van der Waals surface area contributed by atoms with Crippen molar-refractivity contribution in [3.63, 3.8) is 0 Å². The summed E-state index contributed by atoms with van der Waals surface area (Å²) in [7, 11) is 1.62. The second-order valence-corrected chi connectivity index (χ2v) is 7.84. The Bertz CT molecular complexity index is 1200.